The number of aromatic amines is 1. The van der Waals surface area contributed by atoms with Gasteiger partial charge >= 0.3 is 0 Å². The summed E-state index contributed by atoms with van der Waals surface area (Å²) in [7, 11) is 0. The smallest absolute Gasteiger partial charge is 0.255 e. The van der Waals surface area contributed by atoms with Crippen LogP contribution in [0.15, 0.2) is 4.79 Å². The van der Waals surface area contributed by atoms with E-state index >= 15 is 0 Å². The number of H-pyrrole nitrogens is 1. The van der Waals surface area contributed by atoms with E-state index in [1.54, 1.807) is 0 Å². The van der Waals surface area contributed by atoms with Gasteiger partial charge < -0.3 is 14.5 Å². The largest absolute Gasteiger partial charge is 0.378 e. The zero-order valence-electron chi connectivity index (χ0n) is 18.3. The molecule has 0 atom stereocenters. The monoisotopic (exact) mass is 412 g/mol. The first-order valence-electron chi connectivity index (χ1n) is 12.4. The number of nitrogens with one attached hydrogen (secondary N) is 1. The van der Waals surface area contributed by atoms with Crippen LogP contribution in [0, 0.1) is 5.41 Å². The number of aromatic nitrogens is 2. The molecule has 0 amide bonds. The third-order valence-electron chi connectivity index (χ3n) is 9.19. The first-order chi connectivity index (χ1) is 14.7. The van der Waals surface area contributed by atoms with Gasteiger partial charge in [0, 0.05) is 30.1 Å². The fourth-order valence-corrected chi connectivity index (χ4v) is 7.28. The van der Waals surface area contributed by atoms with Crippen molar-refractivity contribution in [2.24, 2.45) is 5.41 Å². The van der Waals surface area contributed by atoms with E-state index in [1.165, 1.54) is 70.9 Å². The Bertz CT molecular complexity index is 837. The van der Waals surface area contributed by atoms with Gasteiger partial charge in [0.15, 0.2) is 0 Å². The molecule has 6 nitrogen and oxygen atoms in total. The molecule has 1 N–H and O–H groups in total. The second-order valence-corrected chi connectivity index (χ2v) is 10.8. The quantitative estimate of drug-likeness (QED) is 0.809. The van der Waals surface area contributed by atoms with Crippen molar-refractivity contribution >= 4 is 5.95 Å². The minimum atomic E-state index is 0.0963. The van der Waals surface area contributed by atoms with Crippen molar-refractivity contribution in [2.75, 3.05) is 44.3 Å². The Kier molecular flexibility index (Phi) is 4.72. The van der Waals surface area contributed by atoms with Crippen LogP contribution in [0.3, 0.4) is 0 Å². The van der Waals surface area contributed by atoms with E-state index in [0.29, 0.717) is 18.6 Å². The molecule has 1 aromatic rings. The lowest BCUT2D eigenvalue weighted by Gasteiger charge is -2.56. The van der Waals surface area contributed by atoms with Crippen LogP contribution in [0.25, 0.3) is 0 Å². The minimum absolute atomic E-state index is 0.0963. The molecule has 2 saturated heterocycles. The highest BCUT2D eigenvalue weighted by Crippen LogP contribution is 2.54. The molecule has 2 saturated carbocycles. The zero-order valence-corrected chi connectivity index (χ0v) is 18.3. The topological polar surface area (TPSA) is 61.5 Å². The van der Waals surface area contributed by atoms with Crippen molar-refractivity contribution in [3.05, 3.63) is 21.6 Å². The van der Waals surface area contributed by atoms with Crippen molar-refractivity contribution < 1.29 is 4.74 Å². The Labute approximate surface area is 179 Å². The van der Waals surface area contributed by atoms with Crippen molar-refractivity contribution in [3.8, 4) is 0 Å². The van der Waals surface area contributed by atoms with Crippen molar-refractivity contribution in [3.63, 3.8) is 0 Å². The first kappa shape index (κ1) is 19.3. The Hall–Kier alpha value is -1.40. The molecule has 2 spiro atoms. The third kappa shape index (κ3) is 3.13. The SMILES string of the molecule is O=c1[nH]c(N2CCOCC2)nc2c1CCC21CCN(C2CC3(CCCCC3)C2)CC1. The Morgan fingerprint density at radius 2 is 1.67 bits per heavy atom. The molecule has 3 heterocycles. The molecule has 0 aromatic carbocycles. The first-order valence-corrected chi connectivity index (χ1v) is 12.4. The number of ether oxygens (including phenoxy) is 1. The van der Waals surface area contributed by atoms with Gasteiger partial charge in [0.25, 0.3) is 5.56 Å². The van der Waals surface area contributed by atoms with Gasteiger partial charge in [-0.25, -0.2) is 4.98 Å². The number of fused-ring (bicyclic) bond motifs is 2. The van der Waals surface area contributed by atoms with Crippen LogP contribution in [-0.4, -0.2) is 60.3 Å². The van der Waals surface area contributed by atoms with E-state index in [0.717, 1.165) is 49.2 Å². The van der Waals surface area contributed by atoms with Gasteiger partial charge in [-0.2, -0.15) is 0 Å². The predicted octanol–water partition coefficient (Wildman–Crippen LogP) is 3.00. The summed E-state index contributed by atoms with van der Waals surface area (Å²) < 4.78 is 5.48. The zero-order chi connectivity index (χ0) is 20.2. The number of hydrogen-bond acceptors (Lipinski definition) is 5. The maximum absolute atomic E-state index is 12.8. The molecule has 164 valence electrons. The molecule has 0 unspecified atom stereocenters. The number of rotatable bonds is 2. The second-order valence-electron chi connectivity index (χ2n) is 10.8. The third-order valence-corrected chi connectivity index (χ3v) is 9.19. The molecule has 5 aliphatic rings. The second kappa shape index (κ2) is 7.33. The van der Waals surface area contributed by atoms with Gasteiger partial charge in [-0.05, 0) is 69.9 Å². The lowest BCUT2D eigenvalue weighted by molar-refractivity contribution is -0.0399. The van der Waals surface area contributed by atoms with Crippen molar-refractivity contribution in [2.45, 2.75) is 82.1 Å². The molecule has 0 radical (unpaired) electrons. The molecule has 0 bridgehead atoms. The summed E-state index contributed by atoms with van der Waals surface area (Å²) in [5.74, 6) is 0.768. The highest BCUT2D eigenvalue weighted by Gasteiger charge is 2.50. The number of nitrogens with zero attached hydrogens (tertiary/aromatic N) is 3. The van der Waals surface area contributed by atoms with E-state index in [-0.39, 0.29) is 11.0 Å². The highest BCUT2D eigenvalue weighted by molar-refractivity contribution is 5.40. The molecular weight excluding hydrogens is 376 g/mol. The van der Waals surface area contributed by atoms with Crippen LogP contribution in [0.5, 0.6) is 0 Å². The lowest BCUT2D eigenvalue weighted by Crippen LogP contribution is -2.55. The van der Waals surface area contributed by atoms with Crippen molar-refractivity contribution in [1.29, 1.82) is 0 Å². The molecule has 2 aliphatic heterocycles. The van der Waals surface area contributed by atoms with E-state index in [1.807, 2.05) is 0 Å². The van der Waals surface area contributed by atoms with E-state index < -0.39 is 0 Å². The van der Waals surface area contributed by atoms with Crippen LogP contribution < -0.4 is 10.5 Å². The molecular formula is C24H36N4O2. The standard InChI is InChI=1S/C24H36N4O2/c29-21-19-4-7-24(20(19)25-22(26-21)28-12-14-30-15-13-28)8-10-27(11-9-24)18-16-23(17-18)5-2-1-3-6-23/h18H,1-17H2,(H,25,26,29). The fraction of sp³-hybridized carbons (Fsp3) is 0.833. The van der Waals surface area contributed by atoms with Crippen LogP contribution in [0.1, 0.15) is 75.5 Å². The Morgan fingerprint density at radius 1 is 0.933 bits per heavy atom. The fourth-order valence-electron chi connectivity index (χ4n) is 7.28. The number of piperidine rings is 1. The highest BCUT2D eigenvalue weighted by atomic mass is 16.5. The van der Waals surface area contributed by atoms with Crippen LogP contribution in [-0.2, 0) is 16.6 Å². The maximum atomic E-state index is 12.8. The molecule has 3 aliphatic carbocycles. The van der Waals surface area contributed by atoms with Gasteiger partial charge in [0.2, 0.25) is 5.95 Å². The summed E-state index contributed by atoms with van der Waals surface area (Å²) in [5.41, 5.74) is 3.03. The average Bonchev–Trinajstić information content (AvgIpc) is 3.12. The number of likely N-dealkylation sites (tertiary alicyclic amines) is 1. The van der Waals surface area contributed by atoms with Crippen LogP contribution in [0.4, 0.5) is 5.95 Å². The molecule has 6 heteroatoms. The number of morpholine rings is 1. The van der Waals surface area contributed by atoms with Crippen LogP contribution in [0.2, 0.25) is 0 Å². The summed E-state index contributed by atoms with van der Waals surface area (Å²) in [5, 5.41) is 0. The van der Waals surface area contributed by atoms with Gasteiger partial charge in [0.05, 0.1) is 18.9 Å². The maximum Gasteiger partial charge on any atom is 0.255 e. The molecule has 30 heavy (non-hydrogen) atoms. The van der Waals surface area contributed by atoms with E-state index in [9.17, 15) is 4.79 Å². The van der Waals surface area contributed by atoms with Gasteiger partial charge in [-0.15, -0.1) is 0 Å². The summed E-state index contributed by atoms with van der Waals surface area (Å²) >= 11 is 0. The predicted molar refractivity (Wildman–Crippen MR) is 117 cm³/mol. The summed E-state index contributed by atoms with van der Waals surface area (Å²) in [6, 6.07) is 0.817. The molecule has 1 aromatic heterocycles. The molecule has 6 rings (SSSR count). The summed E-state index contributed by atoms with van der Waals surface area (Å²) in [4.78, 5) is 26.0. The van der Waals surface area contributed by atoms with Gasteiger partial charge in [0.1, 0.15) is 0 Å². The summed E-state index contributed by atoms with van der Waals surface area (Å²) in [6.07, 6.45) is 14.5. The number of hydrogen-bond donors (Lipinski definition) is 1. The van der Waals surface area contributed by atoms with E-state index in [4.69, 9.17) is 9.72 Å². The van der Waals surface area contributed by atoms with E-state index in [2.05, 4.69) is 14.8 Å². The normalized spacial score (nSPS) is 28.6. The average molecular weight is 413 g/mol. The Balaban J connectivity index is 1.16. The number of anilines is 1. The van der Waals surface area contributed by atoms with Gasteiger partial charge in [-0.1, -0.05) is 19.3 Å². The van der Waals surface area contributed by atoms with Crippen LogP contribution >= 0.6 is 0 Å². The van der Waals surface area contributed by atoms with Gasteiger partial charge in [-0.3, -0.25) is 9.78 Å². The summed E-state index contributed by atoms with van der Waals surface area (Å²) in [6.45, 7) is 5.41. The lowest BCUT2D eigenvalue weighted by atomic mass is 9.57. The molecule has 4 fully saturated rings. The Morgan fingerprint density at radius 3 is 2.40 bits per heavy atom. The minimum Gasteiger partial charge on any atom is -0.378 e. The van der Waals surface area contributed by atoms with Crippen molar-refractivity contribution in [1.82, 2.24) is 14.9 Å².